The van der Waals surface area contributed by atoms with E-state index in [0.717, 1.165) is 27.1 Å². The third-order valence-electron chi connectivity index (χ3n) is 3.06. The van der Waals surface area contributed by atoms with Gasteiger partial charge in [-0.05, 0) is 36.4 Å². The molecule has 5 heteroatoms. The Bertz CT molecular complexity index is 508. The minimum Gasteiger partial charge on any atom is -0.303 e. The molecule has 0 aliphatic carbocycles. The fourth-order valence-corrected chi connectivity index (χ4v) is 4.59. The Morgan fingerprint density at radius 3 is 2.68 bits per heavy atom. The van der Waals surface area contributed by atoms with Gasteiger partial charge in [0.1, 0.15) is 0 Å². The minimum atomic E-state index is 0.204. The number of nitrogens with one attached hydrogen (secondary N) is 1. The van der Waals surface area contributed by atoms with Crippen LogP contribution in [0.4, 0.5) is 0 Å². The van der Waals surface area contributed by atoms with Gasteiger partial charge >= 0.3 is 0 Å². The lowest BCUT2D eigenvalue weighted by atomic mass is 10.1. The lowest BCUT2D eigenvalue weighted by Gasteiger charge is -2.22. The normalized spacial score (nSPS) is 14.5. The maximum absolute atomic E-state index is 6.22. The van der Waals surface area contributed by atoms with E-state index in [1.807, 2.05) is 6.07 Å². The summed E-state index contributed by atoms with van der Waals surface area (Å²) < 4.78 is 1.53. The third kappa shape index (κ3) is 3.96. The van der Waals surface area contributed by atoms with Crippen molar-refractivity contribution in [2.75, 3.05) is 0 Å². The van der Waals surface area contributed by atoms with Crippen molar-refractivity contribution in [3.05, 3.63) is 42.7 Å². The van der Waals surface area contributed by atoms with Gasteiger partial charge < -0.3 is 5.32 Å². The maximum atomic E-state index is 6.22. The molecule has 0 aliphatic rings. The van der Waals surface area contributed by atoms with Crippen LogP contribution in [0, 0.1) is 0 Å². The number of hydrogen-bond donors (Lipinski definition) is 1. The first-order chi connectivity index (χ1) is 9.11. The Balaban J connectivity index is 2.11. The summed E-state index contributed by atoms with van der Waals surface area (Å²) in [5, 5.41) is 5.79. The second-order valence-corrected chi connectivity index (χ2v) is 7.79. The van der Waals surface area contributed by atoms with E-state index in [4.69, 9.17) is 23.2 Å². The van der Waals surface area contributed by atoms with E-state index in [9.17, 15) is 0 Å². The predicted molar refractivity (Wildman–Crippen MR) is 87.9 cm³/mol. The summed E-state index contributed by atoms with van der Waals surface area (Å²) in [5.41, 5.74) is 1.09. The summed E-state index contributed by atoms with van der Waals surface area (Å²) in [7, 11) is 0. The smallest absolute Gasteiger partial charge is 0.0991 e. The van der Waals surface area contributed by atoms with Crippen molar-refractivity contribution in [3.63, 3.8) is 0 Å². The van der Waals surface area contributed by atoms with E-state index in [1.165, 1.54) is 16.2 Å². The summed E-state index contributed by atoms with van der Waals surface area (Å²) in [5.74, 6) is 0. The van der Waals surface area contributed by atoms with E-state index in [2.05, 4.69) is 36.7 Å². The molecule has 2 aromatic rings. The molecule has 2 heterocycles. The molecule has 0 saturated heterocycles. The molecule has 2 rings (SSSR count). The first-order valence-corrected chi connectivity index (χ1v) is 8.81. The Labute approximate surface area is 132 Å². The van der Waals surface area contributed by atoms with Crippen LogP contribution >= 0.6 is 45.9 Å². The van der Waals surface area contributed by atoms with Crippen LogP contribution in [0.2, 0.25) is 8.67 Å². The molecule has 1 nitrogen and oxygen atoms in total. The van der Waals surface area contributed by atoms with Gasteiger partial charge in [-0.3, -0.25) is 0 Å². The van der Waals surface area contributed by atoms with Crippen LogP contribution in [-0.4, -0.2) is 0 Å². The highest BCUT2D eigenvalue weighted by Crippen LogP contribution is 2.36. The molecule has 0 aliphatic heterocycles. The Kier molecular flexibility index (Phi) is 5.72. The SMILES string of the molecule is CCCC(NC(C)c1cc(Cl)sc1Cl)c1cccs1. The van der Waals surface area contributed by atoms with Crippen LogP contribution in [0.1, 0.15) is 49.2 Å². The molecule has 0 fully saturated rings. The zero-order chi connectivity index (χ0) is 13.8. The molecule has 19 heavy (non-hydrogen) atoms. The number of halogens is 2. The molecule has 2 atom stereocenters. The van der Waals surface area contributed by atoms with E-state index >= 15 is 0 Å². The van der Waals surface area contributed by atoms with Crippen molar-refractivity contribution in [2.24, 2.45) is 0 Å². The van der Waals surface area contributed by atoms with E-state index in [0.29, 0.717) is 6.04 Å². The fraction of sp³-hybridized carbons (Fsp3) is 0.429. The number of rotatable bonds is 6. The molecule has 0 radical (unpaired) electrons. The monoisotopic (exact) mass is 333 g/mol. The van der Waals surface area contributed by atoms with Crippen LogP contribution in [0.25, 0.3) is 0 Å². The maximum Gasteiger partial charge on any atom is 0.0991 e. The topological polar surface area (TPSA) is 12.0 Å². The van der Waals surface area contributed by atoms with Crippen molar-refractivity contribution in [1.82, 2.24) is 5.32 Å². The summed E-state index contributed by atoms with van der Waals surface area (Å²) in [6.07, 6.45) is 2.28. The van der Waals surface area contributed by atoms with Gasteiger partial charge in [0.25, 0.3) is 0 Å². The molecule has 0 spiro atoms. The van der Waals surface area contributed by atoms with Gasteiger partial charge in [-0.1, -0.05) is 42.6 Å². The lowest BCUT2D eigenvalue weighted by molar-refractivity contribution is 0.445. The van der Waals surface area contributed by atoms with E-state index < -0.39 is 0 Å². The molecule has 0 bridgehead atoms. The highest BCUT2D eigenvalue weighted by Gasteiger charge is 2.18. The first-order valence-electron chi connectivity index (χ1n) is 6.36. The Morgan fingerprint density at radius 1 is 1.37 bits per heavy atom. The minimum absolute atomic E-state index is 0.204. The highest BCUT2D eigenvalue weighted by molar-refractivity contribution is 7.20. The van der Waals surface area contributed by atoms with Crippen LogP contribution in [0.15, 0.2) is 23.6 Å². The van der Waals surface area contributed by atoms with Gasteiger partial charge in [0, 0.05) is 17.0 Å². The van der Waals surface area contributed by atoms with Gasteiger partial charge in [-0.2, -0.15) is 0 Å². The van der Waals surface area contributed by atoms with Gasteiger partial charge in [0.2, 0.25) is 0 Å². The second kappa shape index (κ2) is 7.09. The highest BCUT2D eigenvalue weighted by atomic mass is 35.5. The van der Waals surface area contributed by atoms with E-state index in [1.54, 1.807) is 11.3 Å². The molecule has 0 saturated carbocycles. The summed E-state index contributed by atoms with van der Waals surface area (Å²) in [6.45, 7) is 4.35. The van der Waals surface area contributed by atoms with Gasteiger partial charge in [0.05, 0.1) is 8.67 Å². The van der Waals surface area contributed by atoms with Crippen molar-refractivity contribution < 1.29 is 0 Å². The number of thiophene rings is 2. The third-order valence-corrected chi connectivity index (χ3v) is 5.57. The molecule has 0 amide bonds. The molecule has 1 N–H and O–H groups in total. The number of hydrogen-bond acceptors (Lipinski definition) is 3. The van der Waals surface area contributed by atoms with Crippen molar-refractivity contribution in [2.45, 2.75) is 38.8 Å². The average Bonchev–Trinajstić information content (AvgIpc) is 2.98. The zero-order valence-corrected chi connectivity index (χ0v) is 14.1. The second-order valence-electron chi connectivity index (χ2n) is 4.52. The van der Waals surface area contributed by atoms with Gasteiger partial charge in [-0.25, -0.2) is 0 Å². The molecule has 104 valence electrons. The largest absolute Gasteiger partial charge is 0.303 e. The van der Waals surface area contributed by atoms with Gasteiger partial charge in [-0.15, -0.1) is 22.7 Å². The van der Waals surface area contributed by atoms with Crippen molar-refractivity contribution >= 4 is 45.9 Å². The van der Waals surface area contributed by atoms with Crippen LogP contribution in [0.3, 0.4) is 0 Å². The van der Waals surface area contributed by atoms with Crippen LogP contribution in [0.5, 0.6) is 0 Å². The standard InChI is InChI=1S/C14H17Cl2NS2/c1-3-5-11(12-6-4-7-18-12)17-9(2)10-8-13(15)19-14(10)16/h4,6-9,11,17H,3,5H2,1-2H3. The molecule has 0 aromatic carbocycles. The van der Waals surface area contributed by atoms with Crippen LogP contribution in [-0.2, 0) is 0 Å². The summed E-state index contributed by atoms with van der Waals surface area (Å²) >= 11 is 15.5. The predicted octanol–water partition coefficient (Wildman–Crippen LogP) is 6.31. The average molecular weight is 334 g/mol. The van der Waals surface area contributed by atoms with Crippen molar-refractivity contribution in [3.8, 4) is 0 Å². The Hall–Kier alpha value is -0.0600. The summed E-state index contributed by atoms with van der Waals surface area (Å²) in [4.78, 5) is 1.38. The molecular formula is C14H17Cl2NS2. The molecule has 2 unspecified atom stereocenters. The van der Waals surface area contributed by atoms with Crippen molar-refractivity contribution in [1.29, 1.82) is 0 Å². The lowest BCUT2D eigenvalue weighted by Crippen LogP contribution is -2.23. The molecule has 2 aromatic heterocycles. The fourth-order valence-electron chi connectivity index (χ4n) is 2.13. The summed E-state index contributed by atoms with van der Waals surface area (Å²) in [6, 6.07) is 6.84. The van der Waals surface area contributed by atoms with Crippen LogP contribution < -0.4 is 5.32 Å². The van der Waals surface area contributed by atoms with E-state index in [-0.39, 0.29) is 6.04 Å². The Morgan fingerprint density at radius 2 is 2.16 bits per heavy atom. The quantitative estimate of drug-likeness (QED) is 0.653. The first kappa shape index (κ1) is 15.3. The molecular weight excluding hydrogens is 317 g/mol. The zero-order valence-electron chi connectivity index (χ0n) is 11.0. The van der Waals surface area contributed by atoms with Gasteiger partial charge in [0.15, 0.2) is 0 Å².